The van der Waals surface area contributed by atoms with Crippen LogP contribution in [0.5, 0.6) is 0 Å². The first-order valence-electron chi connectivity index (χ1n) is 12.7. The molecule has 4 rings (SSSR count). The first-order chi connectivity index (χ1) is 17.4. The van der Waals surface area contributed by atoms with Gasteiger partial charge >= 0.3 is 0 Å². The highest BCUT2D eigenvalue weighted by molar-refractivity contribution is 5.71. The van der Waals surface area contributed by atoms with E-state index in [0.717, 1.165) is 32.1 Å². The fourth-order valence-electron chi connectivity index (χ4n) is 4.87. The fraction of sp³-hybridized carbons (Fsp3) is 0.355. The molecule has 0 aliphatic carbocycles. The minimum absolute atomic E-state index is 0.115. The molecule has 2 atom stereocenters. The summed E-state index contributed by atoms with van der Waals surface area (Å²) in [5.41, 5.74) is 1.77. The van der Waals surface area contributed by atoms with Crippen molar-refractivity contribution in [3.05, 3.63) is 95.6 Å². The van der Waals surface area contributed by atoms with Crippen molar-refractivity contribution in [3.63, 3.8) is 0 Å². The van der Waals surface area contributed by atoms with Gasteiger partial charge in [0.1, 0.15) is 0 Å². The molecule has 2 unspecified atom stereocenters. The van der Waals surface area contributed by atoms with Gasteiger partial charge in [0.25, 0.3) is 0 Å². The lowest BCUT2D eigenvalue weighted by molar-refractivity contribution is -0.0210. The topological polar surface area (TPSA) is 9.23 Å². The van der Waals surface area contributed by atoms with Gasteiger partial charge in [0.15, 0.2) is 23.3 Å². The van der Waals surface area contributed by atoms with Crippen molar-refractivity contribution in [1.82, 2.24) is 0 Å². The summed E-state index contributed by atoms with van der Waals surface area (Å²) in [6, 6.07) is 12.7. The van der Waals surface area contributed by atoms with Crippen LogP contribution in [0.2, 0.25) is 0 Å². The van der Waals surface area contributed by atoms with Gasteiger partial charge in [-0.1, -0.05) is 68.0 Å². The Morgan fingerprint density at radius 1 is 0.833 bits per heavy atom. The summed E-state index contributed by atoms with van der Waals surface area (Å²) in [5, 5.41) is 0. The Bertz CT molecular complexity index is 1190. The summed E-state index contributed by atoms with van der Waals surface area (Å²) in [7, 11) is 0. The molecule has 1 nitrogen and oxygen atoms in total. The third-order valence-electron chi connectivity index (χ3n) is 7.08. The molecule has 1 aliphatic heterocycles. The second kappa shape index (κ2) is 11.9. The maximum Gasteiger partial charge on any atom is 0.167 e. The highest BCUT2D eigenvalue weighted by Gasteiger charge is 2.27. The van der Waals surface area contributed by atoms with Crippen molar-refractivity contribution >= 4 is 0 Å². The van der Waals surface area contributed by atoms with E-state index in [1.165, 1.54) is 0 Å². The van der Waals surface area contributed by atoms with Crippen LogP contribution in [0, 0.1) is 29.2 Å². The van der Waals surface area contributed by atoms with Gasteiger partial charge in [-0.3, -0.25) is 0 Å². The summed E-state index contributed by atoms with van der Waals surface area (Å²) in [6.07, 6.45) is 7.04. The minimum Gasteiger partial charge on any atom is -0.373 e. The average Bonchev–Trinajstić information content (AvgIpc) is 2.90. The maximum absolute atomic E-state index is 15.1. The molecule has 190 valence electrons. The molecule has 36 heavy (non-hydrogen) atoms. The zero-order valence-electron chi connectivity index (χ0n) is 20.6. The summed E-state index contributed by atoms with van der Waals surface area (Å²) in [4.78, 5) is 0. The van der Waals surface area contributed by atoms with Gasteiger partial charge in [0.2, 0.25) is 0 Å². The van der Waals surface area contributed by atoms with E-state index in [-0.39, 0.29) is 16.7 Å². The Morgan fingerprint density at radius 3 is 2.06 bits per heavy atom. The van der Waals surface area contributed by atoms with Crippen molar-refractivity contribution in [2.24, 2.45) is 5.92 Å². The van der Waals surface area contributed by atoms with Crippen molar-refractivity contribution in [1.29, 1.82) is 0 Å². The molecule has 0 amide bonds. The number of unbranched alkanes of at least 4 members (excludes halogenated alkanes) is 1. The second-order valence-corrected chi connectivity index (χ2v) is 9.54. The van der Waals surface area contributed by atoms with Gasteiger partial charge in [0, 0.05) is 16.7 Å². The van der Waals surface area contributed by atoms with Crippen LogP contribution in [-0.4, -0.2) is 6.61 Å². The number of hydrogen-bond donors (Lipinski definition) is 0. The molecule has 0 aromatic heterocycles. The number of allylic oxidation sites excluding steroid dienone is 1. The quantitative estimate of drug-likeness (QED) is 0.212. The molecular formula is C31H32F4O. The van der Waals surface area contributed by atoms with Crippen LogP contribution in [0.4, 0.5) is 17.6 Å². The highest BCUT2D eigenvalue weighted by Crippen LogP contribution is 2.37. The molecule has 0 spiro atoms. The van der Waals surface area contributed by atoms with E-state index >= 15 is 8.78 Å². The van der Waals surface area contributed by atoms with Crippen LogP contribution in [0.3, 0.4) is 0 Å². The molecular weight excluding hydrogens is 464 g/mol. The lowest BCUT2D eigenvalue weighted by atomic mass is 9.90. The largest absolute Gasteiger partial charge is 0.373 e. The Kier molecular flexibility index (Phi) is 8.63. The SMILES string of the molecule is C=CCCC1CCC(c2ccc(-c3ccc(-c4ccc(CCCC)c(F)c4F)cc3)c(F)c2F)OC1. The summed E-state index contributed by atoms with van der Waals surface area (Å²) in [6.45, 7) is 6.26. The van der Waals surface area contributed by atoms with Crippen LogP contribution >= 0.6 is 0 Å². The third kappa shape index (κ3) is 5.57. The Balaban J connectivity index is 1.52. The third-order valence-corrected chi connectivity index (χ3v) is 7.08. The number of ether oxygens (including phenoxy) is 1. The van der Waals surface area contributed by atoms with Gasteiger partial charge in [0.05, 0.1) is 12.7 Å². The Morgan fingerprint density at radius 2 is 1.47 bits per heavy atom. The van der Waals surface area contributed by atoms with Crippen LogP contribution in [-0.2, 0) is 11.2 Å². The first-order valence-corrected chi connectivity index (χ1v) is 12.7. The van der Waals surface area contributed by atoms with Gasteiger partial charge in [-0.15, -0.1) is 6.58 Å². The van der Waals surface area contributed by atoms with Gasteiger partial charge in [-0.2, -0.15) is 0 Å². The van der Waals surface area contributed by atoms with Crippen molar-refractivity contribution in [2.45, 2.75) is 58.0 Å². The van der Waals surface area contributed by atoms with E-state index in [9.17, 15) is 8.78 Å². The molecule has 1 saturated heterocycles. The normalized spacial score (nSPS) is 17.8. The number of benzene rings is 3. The number of rotatable bonds is 9. The van der Waals surface area contributed by atoms with E-state index in [1.807, 2.05) is 13.0 Å². The zero-order chi connectivity index (χ0) is 25.7. The van der Waals surface area contributed by atoms with E-state index in [1.54, 1.807) is 48.5 Å². The minimum atomic E-state index is -0.935. The van der Waals surface area contributed by atoms with Gasteiger partial charge < -0.3 is 4.74 Å². The standard InChI is InChI=1S/C31H32F4O/c1-3-5-7-20-9-18-27(36-19-20)26-17-16-25(30(34)31(26)35)22-12-10-21(11-13-22)24-15-14-23(8-6-4-2)28(32)29(24)33/h3,10-17,20,27H,1,4-9,18-19H2,2H3. The lowest BCUT2D eigenvalue weighted by Crippen LogP contribution is -2.21. The summed E-state index contributed by atoms with van der Waals surface area (Å²) >= 11 is 0. The number of hydrogen-bond acceptors (Lipinski definition) is 1. The fourth-order valence-corrected chi connectivity index (χ4v) is 4.87. The molecule has 3 aromatic rings. The molecule has 1 aliphatic rings. The molecule has 0 saturated carbocycles. The van der Waals surface area contributed by atoms with E-state index < -0.39 is 29.4 Å². The number of halogens is 4. The maximum atomic E-state index is 15.1. The summed E-state index contributed by atoms with van der Waals surface area (Å²) in [5.74, 6) is -3.14. The zero-order valence-corrected chi connectivity index (χ0v) is 20.6. The van der Waals surface area contributed by atoms with E-state index in [0.29, 0.717) is 42.1 Å². The van der Waals surface area contributed by atoms with Gasteiger partial charge in [-0.25, -0.2) is 17.6 Å². The molecule has 5 heteroatoms. The van der Waals surface area contributed by atoms with Crippen molar-refractivity contribution < 1.29 is 22.3 Å². The second-order valence-electron chi connectivity index (χ2n) is 9.54. The van der Waals surface area contributed by atoms with Crippen LogP contribution in [0.1, 0.15) is 62.7 Å². The first kappa shape index (κ1) is 26.2. The Hall–Kier alpha value is -2.92. The predicted molar refractivity (Wildman–Crippen MR) is 137 cm³/mol. The highest BCUT2D eigenvalue weighted by atomic mass is 19.2. The molecule has 0 N–H and O–H groups in total. The van der Waals surface area contributed by atoms with E-state index in [2.05, 4.69) is 6.58 Å². The molecule has 1 fully saturated rings. The van der Waals surface area contributed by atoms with Crippen LogP contribution in [0.15, 0.2) is 61.2 Å². The van der Waals surface area contributed by atoms with Crippen molar-refractivity contribution in [2.75, 3.05) is 6.61 Å². The summed E-state index contributed by atoms with van der Waals surface area (Å²) < 4.78 is 65.2. The average molecular weight is 497 g/mol. The molecule has 0 bridgehead atoms. The van der Waals surface area contributed by atoms with Crippen molar-refractivity contribution in [3.8, 4) is 22.3 Å². The monoisotopic (exact) mass is 496 g/mol. The van der Waals surface area contributed by atoms with E-state index in [4.69, 9.17) is 4.74 Å². The lowest BCUT2D eigenvalue weighted by Gasteiger charge is -2.29. The molecule has 3 aromatic carbocycles. The van der Waals surface area contributed by atoms with Crippen LogP contribution in [0.25, 0.3) is 22.3 Å². The van der Waals surface area contributed by atoms with Crippen LogP contribution < -0.4 is 0 Å². The molecule has 0 radical (unpaired) electrons. The molecule has 1 heterocycles. The number of aryl methyl sites for hydroxylation is 1. The predicted octanol–water partition coefficient (Wildman–Crippen LogP) is 9.35. The van der Waals surface area contributed by atoms with Gasteiger partial charge in [-0.05, 0) is 61.1 Å². The Labute approximate surface area is 210 Å². The smallest absolute Gasteiger partial charge is 0.167 e.